The number of nitrogens with one attached hydrogen (secondary N) is 1. The van der Waals surface area contributed by atoms with E-state index in [1.165, 1.54) is 11.8 Å². The van der Waals surface area contributed by atoms with Gasteiger partial charge in [0, 0.05) is 13.1 Å². The van der Waals surface area contributed by atoms with Crippen LogP contribution in [0.1, 0.15) is 26.3 Å². The Balaban J connectivity index is 1.41. The number of hydrogen-bond acceptors (Lipinski definition) is 7. The van der Waals surface area contributed by atoms with Gasteiger partial charge in [0.25, 0.3) is 0 Å². The molecule has 1 aliphatic heterocycles. The van der Waals surface area contributed by atoms with Gasteiger partial charge in [-0.3, -0.25) is 9.36 Å². The maximum atomic E-state index is 12.7. The van der Waals surface area contributed by atoms with Gasteiger partial charge in [0.15, 0.2) is 28.2 Å². The molecule has 3 aromatic rings. The zero-order valence-electron chi connectivity index (χ0n) is 17.1. The van der Waals surface area contributed by atoms with Gasteiger partial charge < -0.3 is 19.2 Å². The van der Waals surface area contributed by atoms with E-state index in [9.17, 15) is 4.79 Å². The molecular formula is C21H24N4O4S. The number of rotatable bonds is 8. The number of benzene rings is 1. The summed E-state index contributed by atoms with van der Waals surface area (Å²) >= 11 is 1.38. The summed E-state index contributed by atoms with van der Waals surface area (Å²) in [6, 6.07) is 9.34. The second-order valence-corrected chi connectivity index (χ2v) is 8.76. The van der Waals surface area contributed by atoms with E-state index in [4.69, 9.17) is 13.9 Å². The number of thioether (sulfide) groups is 1. The first-order valence-electron chi connectivity index (χ1n) is 9.81. The number of aromatic nitrogens is 3. The van der Waals surface area contributed by atoms with Crippen LogP contribution in [-0.4, -0.2) is 32.7 Å². The van der Waals surface area contributed by atoms with Crippen molar-refractivity contribution in [1.82, 2.24) is 20.1 Å². The first kappa shape index (κ1) is 20.3. The van der Waals surface area contributed by atoms with E-state index in [1.54, 1.807) is 6.26 Å². The lowest BCUT2D eigenvalue weighted by Crippen LogP contribution is -2.30. The van der Waals surface area contributed by atoms with E-state index in [1.807, 2.05) is 41.8 Å². The topological polar surface area (TPSA) is 91.4 Å². The molecule has 3 heterocycles. The quantitative estimate of drug-likeness (QED) is 0.547. The van der Waals surface area contributed by atoms with Crippen molar-refractivity contribution in [2.24, 2.45) is 5.92 Å². The van der Waals surface area contributed by atoms with Crippen LogP contribution in [0, 0.1) is 5.92 Å². The summed E-state index contributed by atoms with van der Waals surface area (Å²) in [5.41, 5.74) is 0.952. The van der Waals surface area contributed by atoms with E-state index in [0.29, 0.717) is 35.0 Å². The molecule has 0 bridgehead atoms. The summed E-state index contributed by atoms with van der Waals surface area (Å²) in [5.74, 6) is 3.09. The van der Waals surface area contributed by atoms with Crippen molar-refractivity contribution in [2.75, 3.05) is 6.79 Å². The maximum absolute atomic E-state index is 12.7. The summed E-state index contributed by atoms with van der Waals surface area (Å²) in [7, 11) is 0. The van der Waals surface area contributed by atoms with Gasteiger partial charge in [0.05, 0.1) is 11.5 Å². The summed E-state index contributed by atoms with van der Waals surface area (Å²) in [5, 5.41) is 11.9. The number of carbonyl (C=O) groups is 1. The molecule has 4 rings (SSSR count). The molecule has 1 aromatic carbocycles. The fourth-order valence-electron chi connectivity index (χ4n) is 3.09. The highest BCUT2D eigenvalue weighted by molar-refractivity contribution is 8.00. The second-order valence-electron chi connectivity index (χ2n) is 7.45. The molecule has 1 amide bonds. The SMILES string of the molecule is CC(C)Cn1c(SC(C)C(=O)NCc2ccc3c(c2)OCO3)nnc1-c1ccco1. The van der Waals surface area contributed by atoms with Gasteiger partial charge in [0.1, 0.15) is 0 Å². The summed E-state index contributed by atoms with van der Waals surface area (Å²) in [6.45, 7) is 7.49. The van der Waals surface area contributed by atoms with Crippen LogP contribution in [0.15, 0.2) is 46.2 Å². The summed E-state index contributed by atoms with van der Waals surface area (Å²) in [6.07, 6.45) is 1.61. The van der Waals surface area contributed by atoms with Crippen LogP contribution in [0.4, 0.5) is 0 Å². The van der Waals surface area contributed by atoms with Crippen molar-refractivity contribution in [2.45, 2.75) is 44.3 Å². The van der Waals surface area contributed by atoms with Gasteiger partial charge >= 0.3 is 0 Å². The van der Waals surface area contributed by atoms with E-state index in [0.717, 1.165) is 17.9 Å². The molecule has 1 aliphatic rings. The lowest BCUT2D eigenvalue weighted by Gasteiger charge is -2.15. The van der Waals surface area contributed by atoms with E-state index in [2.05, 4.69) is 29.4 Å². The fourth-order valence-corrected chi connectivity index (χ4v) is 3.97. The minimum Gasteiger partial charge on any atom is -0.461 e. The summed E-state index contributed by atoms with van der Waals surface area (Å²) < 4.78 is 18.2. The standard InChI is InChI=1S/C21H24N4O4S/c1-13(2)11-25-19(17-5-4-8-27-17)23-24-21(25)30-14(3)20(26)22-10-15-6-7-16-18(9-15)29-12-28-16/h4-9,13-14H,10-12H2,1-3H3,(H,22,26). The highest BCUT2D eigenvalue weighted by Gasteiger charge is 2.22. The lowest BCUT2D eigenvalue weighted by atomic mass is 10.2. The van der Waals surface area contributed by atoms with Crippen LogP contribution >= 0.6 is 11.8 Å². The van der Waals surface area contributed by atoms with Gasteiger partial charge in [0.2, 0.25) is 12.7 Å². The molecule has 0 spiro atoms. The molecule has 1 atom stereocenters. The number of hydrogen-bond donors (Lipinski definition) is 1. The van der Waals surface area contributed by atoms with Gasteiger partial charge in [-0.1, -0.05) is 31.7 Å². The molecule has 0 fully saturated rings. The minimum atomic E-state index is -0.335. The van der Waals surface area contributed by atoms with Crippen LogP contribution in [0.5, 0.6) is 11.5 Å². The van der Waals surface area contributed by atoms with Crippen molar-refractivity contribution >= 4 is 17.7 Å². The minimum absolute atomic E-state index is 0.0729. The van der Waals surface area contributed by atoms with Crippen molar-refractivity contribution in [3.63, 3.8) is 0 Å². The van der Waals surface area contributed by atoms with Crippen LogP contribution < -0.4 is 14.8 Å². The Morgan fingerprint density at radius 3 is 2.80 bits per heavy atom. The van der Waals surface area contributed by atoms with Crippen LogP contribution in [0.25, 0.3) is 11.6 Å². The first-order valence-corrected chi connectivity index (χ1v) is 10.7. The molecule has 1 unspecified atom stereocenters. The molecule has 2 aromatic heterocycles. The smallest absolute Gasteiger partial charge is 0.233 e. The molecule has 30 heavy (non-hydrogen) atoms. The molecule has 0 aliphatic carbocycles. The Morgan fingerprint density at radius 1 is 1.20 bits per heavy atom. The van der Waals surface area contributed by atoms with Crippen molar-refractivity contribution in [3.8, 4) is 23.1 Å². The van der Waals surface area contributed by atoms with E-state index in [-0.39, 0.29) is 18.0 Å². The molecule has 0 radical (unpaired) electrons. The molecule has 8 nitrogen and oxygen atoms in total. The monoisotopic (exact) mass is 428 g/mol. The molecule has 9 heteroatoms. The fraction of sp³-hybridized carbons (Fsp3) is 0.381. The highest BCUT2D eigenvalue weighted by atomic mass is 32.2. The molecular weight excluding hydrogens is 404 g/mol. The largest absolute Gasteiger partial charge is 0.461 e. The first-order chi connectivity index (χ1) is 14.5. The van der Waals surface area contributed by atoms with Crippen molar-refractivity contribution in [1.29, 1.82) is 0 Å². The Kier molecular flexibility index (Phi) is 5.98. The molecule has 1 N–H and O–H groups in total. The van der Waals surface area contributed by atoms with Crippen LogP contribution in [0.3, 0.4) is 0 Å². The van der Waals surface area contributed by atoms with Gasteiger partial charge in [-0.25, -0.2) is 0 Å². The Labute approximate surface area is 179 Å². The highest BCUT2D eigenvalue weighted by Crippen LogP contribution is 2.32. The van der Waals surface area contributed by atoms with E-state index < -0.39 is 0 Å². The van der Waals surface area contributed by atoms with Gasteiger partial charge in [-0.15, -0.1) is 10.2 Å². The van der Waals surface area contributed by atoms with Crippen LogP contribution in [0.2, 0.25) is 0 Å². The Hall–Kier alpha value is -2.94. The number of furan rings is 1. The third-order valence-corrected chi connectivity index (χ3v) is 5.64. The number of fused-ring (bicyclic) bond motifs is 1. The van der Waals surface area contributed by atoms with Crippen molar-refractivity contribution in [3.05, 3.63) is 42.2 Å². The molecule has 0 saturated carbocycles. The second kappa shape index (κ2) is 8.83. The number of amides is 1. The Morgan fingerprint density at radius 2 is 2.03 bits per heavy atom. The van der Waals surface area contributed by atoms with Gasteiger partial charge in [-0.05, 0) is 42.7 Å². The van der Waals surface area contributed by atoms with Gasteiger partial charge in [-0.2, -0.15) is 0 Å². The number of nitrogens with zero attached hydrogens (tertiary/aromatic N) is 3. The number of carbonyl (C=O) groups excluding carboxylic acids is 1. The predicted octanol–water partition coefficient (Wildman–Crippen LogP) is 3.72. The van der Waals surface area contributed by atoms with Crippen molar-refractivity contribution < 1.29 is 18.7 Å². The predicted molar refractivity (Wildman–Crippen MR) is 112 cm³/mol. The molecule has 158 valence electrons. The zero-order chi connectivity index (χ0) is 21.1. The Bertz CT molecular complexity index is 1020. The third kappa shape index (κ3) is 4.46. The number of ether oxygens (including phenoxy) is 2. The normalized spacial score (nSPS) is 13.6. The maximum Gasteiger partial charge on any atom is 0.233 e. The lowest BCUT2D eigenvalue weighted by molar-refractivity contribution is -0.120. The van der Waals surface area contributed by atoms with Crippen LogP contribution in [-0.2, 0) is 17.9 Å². The zero-order valence-corrected chi connectivity index (χ0v) is 17.9. The average molecular weight is 429 g/mol. The average Bonchev–Trinajstić information content (AvgIpc) is 3.46. The summed E-state index contributed by atoms with van der Waals surface area (Å²) in [4.78, 5) is 12.7. The molecule has 0 saturated heterocycles. The third-order valence-electron chi connectivity index (χ3n) is 4.56. The van der Waals surface area contributed by atoms with E-state index >= 15 is 0 Å².